The van der Waals surface area contributed by atoms with Gasteiger partial charge in [0.05, 0.1) is 4.90 Å². The molecule has 0 saturated carbocycles. The smallest absolute Gasteiger partial charge is 0.264 e. The molecule has 0 aromatic heterocycles. The van der Waals surface area contributed by atoms with Crippen LogP contribution in [0.25, 0.3) is 10.8 Å². The molecule has 0 bridgehead atoms. The Morgan fingerprint density at radius 1 is 0.875 bits per heavy atom. The second kappa shape index (κ2) is 11.9. The molecular formula is C32H35N3O3S2. The molecule has 40 heavy (non-hydrogen) atoms. The van der Waals surface area contributed by atoms with E-state index in [2.05, 4.69) is 40.9 Å². The van der Waals surface area contributed by atoms with Crippen LogP contribution in [0.5, 0.6) is 0 Å². The number of fused-ring (bicyclic) bond motifs is 1. The van der Waals surface area contributed by atoms with Gasteiger partial charge in [-0.05, 0) is 89.7 Å². The Labute approximate surface area is 241 Å². The maximum Gasteiger partial charge on any atom is 0.264 e. The fraction of sp³-hybridized carbons (Fsp3) is 0.281. The van der Waals surface area contributed by atoms with Crippen LogP contribution in [0, 0.1) is 5.41 Å². The second-order valence-corrected chi connectivity index (χ2v) is 13.8. The van der Waals surface area contributed by atoms with Gasteiger partial charge in [0, 0.05) is 47.2 Å². The Balaban J connectivity index is 1.19. The van der Waals surface area contributed by atoms with Crippen molar-refractivity contribution >= 4 is 49.8 Å². The molecule has 1 amide bonds. The van der Waals surface area contributed by atoms with E-state index >= 15 is 0 Å². The van der Waals surface area contributed by atoms with E-state index in [9.17, 15) is 13.2 Å². The Bertz CT molecular complexity index is 1580. The van der Waals surface area contributed by atoms with Gasteiger partial charge in [-0.3, -0.25) is 4.79 Å². The molecular weight excluding hydrogens is 539 g/mol. The molecule has 4 aromatic rings. The van der Waals surface area contributed by atoms with Crippen LogP contribution in [-0.4, -0.2) is 39.7 Å². The summed E-state index contributed by atoms with van der Waals surface area (Å²) in [7, 11) is -4.03. The van der Waals surface area contributed by atoms with Crippen LogP contribution in [0.15, 0.2) is 101 Å². The highest BCUT2D eigenvalue weighted by Crippen LogP contribution is 2.32. The monoisotopic (exact) mass is 573 g/mol. The molecule has 1 fully saturated rings. The quantitative estimate of drug-likeness (QED) is 0.170. The second-order valence-electron chi connectivity index (χ2n) is 10.9. The molecule has 1 aliphatic heterocycles. The van der Waals surface area contributed by atoms with E-state index in [4.69, 9.17) is 0 Å². The SMILES string of the molecule is CC1(C)CCN(c2ccc(C(=O)NS(=O)(=O)c3ccc4cc(NCCSc5ccccc5)ccc4c3)cc2)CC1. The van der Waals surface area contributed by atoms with E-state index in [1.54, 1.807) is 36.0 Å². The lowest BCUT2D eigenvalue weighted by Gasteiger charge is -2.38. The molecule has 1 aliphatic rings. The number of hydrogen-bond acceptors (Lipinski definition) is 6. The van der Waals surface area contributed by atoms with E-state index in [0.29, 0.717) is 11.0 Å². The van der Waals surface area contributed by atoms with Crippen LogP contribution in [-0.2, 0) is 10.0 Å². The number of thioether (sulfide) groups is 1. The number of carbonyl (C=O) groups is 1. The van der Waals surface area contributed by atoms with Crippen molar-refractivity contribution in [1.82, 2.24) is 4.72 Å². The number of benzene rings is 4. The van der Waals surface area contributed by atoms with Crippen molar-refractivity contribution in [3.05, 3.63) is 96.6 Å². The summed E-state index contributed by atoms with van der Waals surface area (Å²) in [6.45, 7) is 7.33. The number of amides is 1. The van der Waals surface area contributed by atoms with Crippen molar-refractivity contribution in [1.29, 1.82) is 0 Å². The summed E-state index contributed by atoms with van der Waals surface area (Å²) in [4.78, 5) is 16.4. The van der Waals surface area contributed by atoms with E-state index in [1.807, 2.05) is 48.5 Å². The molecule has 0 unspecified atom stereocenters. The Morgan fingerprint density at radius 2 is 1.55 bits per heavy atom. The fourth-order valence-corrected chi connectivity index (χ4v) is 6.61. The minimum atomic E-state index is -4.03. The minimum absolute atomic E-state index is 0.0564. The average Bonchev–Trinajstić information content (AvgIpc) is 2.95. The molecule has 8 heteroatoms. The standard InChI is InChI=1S/C32H35N3O3S2/c1-32(2)16-19-35(20-17-32)28-13-9-24(10-14-28)31(36)34-40(37,38)30-15-11-25-22-27(12-8-26(25)23-30)33-18-21-39-29-6-4-3-5-7-29/h3-15,22-23,33H,16-21H2,1-2H3,(H,34,36). The van der Waals surface area contributed by atoms with Gasteiger partial charge in [0.15, 0.2) is 0 Å². The maximum absolute atomic E-state index is 13.0. The van der Waals surface area contributed by atoms with Crippen molar-refractivity contribution < 1.29 is 13.2 Å². The lowest BCUT2D eigenvalue weighted by Crippen LogP contribution is -2.37. The summed E-state index contributed by atoms with van der Waals surface area (Å²) in [6, 6.07) is 28.2. The lowest BCUT2D eigenvalue weighted by atomic mass is 9.82. The first-order valence-corrected chi connectivity index (χ1v) is 16.0. The van der Waals surface area contributed by atoms with Gasteiger partial charge in [0.1, 0.15) is 0 Å². The number of rotatable bonds is 9. The first-order valence-electron chi connectivity index (χ1n) is 13.6. The highest BCUT2D eigenvalue weighted by molar-refractivity contribution is 7.99. The van der Waals surface area contributed by atoms with Crippen LogP contribution in [0.1, 0.15) is 37.0 Å². The number of piperidine rings is 1. The van der Waals surface area contributed by atoms with E-state index < -0.39 is 15.9 Å². The third kappa shape index (κ3) is 6.98. The molecule has 5 rings (SSSR count). The van der Waals surface area contributed by atoms with Gasteiger partial charge in [0.2, 0.25) is 0 Å². The Hall–Kier alpha value is -3.49. The van der Waals surface area contributed by atoms with Gasteiger partial charge in [-0.25, -0.2) is 13.1 Å². The zero-order valence-electron chi connectivity index (χ0n) is 22.9. The summed E-state index contributed by atoms with van der Waals surface area (Å²) < 4.78 is 28.3. The number of sulfonamides is 1. The topological polar surface area (TPSA) is 78.5 Å². The summed E-state index contributed by atoms with van der Waals surface area (Å²) in [5.41, 5.74) is 2.69. The summed E-state index contributed by atoms with van der Waals surface area (Å²) in [5.74, 6) is 0.289. The van der Waals surface area contributed by atoms with Crippen LogP contribution >= 0.6 is 11.8 Å². The number of anilines is 2. The van der Waals surface area contributed by atoms with Crippen molar-refractivity contribution in [2.24, 2.45) is 5.41 Å². The predicted molar refractivity (Wildman–Crippen MR) is 166 cm³/mol. The summed E-state index contributed by atoms with van der Waals surface area (Å²) in [5, 5.41) is 5.13. The maximum atomic E-state index is 13.0. The van der Waals surface area contributed by atoms with Gasteiger partial charge in [0.25, 0.3) is 15.9 Å². The number of nitrogens with zero attached hydrogens (tertiary/aromatic N) is 1. The highest BCUT2D eigenvalue weighted by Gasteiger charge is 2.25. The molecule has 4 aromatic carbocycles. The molecule has 6 nitrogen and oxygen atoms in total. The first kappa shape index (κ1) is 28.1. The van der Waals surface area contributed by atoms with Crippen molar-refractivity contribution in [2.75, 3.05) is 35.6 Å². The molecule has 1 heterocycles. The van der Waals surface area contributed by atoms with Gasteiger partial charge >= 0.3 is 0 Å². The van der Waals surface area contributed by atoms with Gasteiger partial charge in [-0.1, -0.05) is 44.2 Å². The molecule has 2 N–H and O–H groups in total. The summed E-state index contributed by atoms with van der Waals surface area (Å²) in [6.07, 6.45) is 2.23. The number of carbonyl (C=O) groups excluding carboxylic acids is 1. The average molecular weight is 574 g/mol. The zero-order chi connectivity index (χ0) is 28.2. The number of nitrogens with one attached hydrogen (secondary N) is 2. The number of hydrogen-bond donors (Lipinski definition) is 2. The molecule has 1 saturated heterocycles. The molecule has 0 atom stereocenters. The normalized spacial score (nSPS) is 15.1. The third-order valence-corrected chi connectivity index (χ3v) is 9.75. The zero-order valence-corrected chi connectivity index (χ0v) is 24.5. The summed E-state index contributed by atoms with van der Waals surface area (Å²) >= 11 is 1.79. The highest BCUT2D eigenvalue weighted by atomic mass is 32.2. The van der Waals surface area contributed by atoms with Gasteiger partial charge < -0.3 is 10.2 Å². The first-order chi connectivity index (χ1) is 19.2. The molecule has 0 spiro atoms. The van der Waals surface area contributed by atoms with E-state index in [-0.39, 0.29) is 4.90 Å². The molecule has 208 valence electrons. The largest absolute Gasteiger partial charge is 0.384 e. The van der Waals surface area contributed by atoms with E-state index in [0.717, 1.165) is 60.4 Å². The minimum Gasteiger partial charge on any atom is -0.384 e. The van der Waals surface area contributed by atoms with Gasteiger partial charge in [-0.2, -0.15) is 0 Å². The fourth-order valence-electron chi connectivity index (χ4n) is 4.82. The van der Waals surface area contributed by atoms with Crippen LogP contribution in [0.2, 0.25) is 0 Å². The van der Waals surface area contributed by atoms with Crippen molar-refractivity contribution in [2.45, 2.75) is 36.5 Å². The van der Waals surface area contributed by atoms with Crippen molar-refractivity contribution in [3.63, 3.8) is 0 Å². The Morgan fingerprint density at radius 3 is 2.27 bits per heavy atom. The van der Waals surface area contributed by atoms with Crippen LogP contribution < -0.4 is 14.9 Å². The lowest BCUT2D eigenvalue weighted by molar-refractivity contribution is 0.0981. The van der Waals surface area contributed by atoms with Crippen LogP contribution in [0.3, 0.4) is 0 Å². The van der Waals surface area contributed by atoms with Crippen LogP contribution in [0.4, 0.5) is 11.4 Å². The molecule has 0 aliphatic carbocycles. The van der Waals surface area contributed by atoms with Crippen molar-refractivity contribution in [3.8, 4) is 0 Å². The van der Waals surface area contributed by atoms with Gasteiger partial charge in [-0.15, -0.1) is 11.8 Å². The predicted octanol–water partition coefficient (Wildman–Crippen LogP) is 6.79. The Kier molecular flexibility index (Phi) is 8.38. The van der Waals surface area contributed by atoms with E-state index in [1.165, 1.54) is 11.0 Å². The third-order valence-electron chi connectivity index (χ3n) is 7.40. The molecule has 0 radical (unpaired) electrons.